The number of pyridine rings is 1. The van der Waals surface area contributed by atoms with E-state index in [1.165, 1.54) is 31.3 Å². The third-order valence-corrected chi connectivity index (χ3v) is 17.2. The molecule has 6 aliphatic rings. The first-order valence-corrected chi connectivity index (χ1v) is 20.3. The zero-order valence-corrected chi connectivity index (χ0v) is 32.4. The highest BCUT2D eigenvalue weighted by Gasteiger charge is 2.72. The second kappa shape index (κ2) is 12.0. The Balaban J connectivity index is 1.11. The smallest absolute Gasteiger partial charge is 0.302 e. The van der Waals surface area contributed by atoms with E-state index in [1.807, 2.05) is 30.7 Å². The molecule has 2 aromatic heterocycles. The van der Waals surface area contributed by atoms with Crippen molar-refractivity contribution in [1.82, 2.24) is 19.9 Å². The number of imidazole rings is 1. The molecular formula is C44H62N4O3. The van der Waals surface area contributed by atoms with E-state index in [0.717, 1.165) is 75.0 Å². The van der Waals surface area contributed by atoms with Gasteiger partial charge in [-0.05, 0) is 142 Å². The number of amides is 1. The van der Waals surface area contributed by atoms with Crippen LogP contribution >= 0.6 is 0 Å². The first kappa shape index (κ1) is 35.1. The van der Waals surface area contributed by atoms with Crippen LogP contribution in [0.25, 0.3) is 11.3 Å². The van der Waals surface area contributed by atoms with E-state index < -0.39 is 0 Å². The van der Waals surface area contributed by atoms with Crippen molar-refractivity contribution >= 4 is 11.9 Å². The first-order valence-electron chi connectivity index (χ1n) is 20.3. The lowest BCUT2D eigenvalue weighted by atomic mass is 9.32. The van der Waals surface area contributed by atoms with Crippen LogP contribution in [0.15, 0.2) is 42.9 Å². The number of fused-ring (bicyclic) bond motifs is 7. The monoisotopic (exact) mass is 694 g/mol. The zero-order chi connectivity index (χ0) is 36.1. The van der Waals surface area contributed by atoms with E-state index in [0.29, 0.717) is 35.5 Å². The molecule has 276 valence electrons. The Morgan fingerprint density at radius 3 is 2.37 bits per heavy atom. The number of esters is 1. The maximum absolute atomic E-state index is 15.4. The Kier molecular flexibility index (Phi) is 8.28. The van der Waals surface area contributed by atoms with E-state index >= 15 is 4.79 Å². The molecule has 5 saturated carbocycles. The van der Waals surface area contributed by atoms with Crippen molar-refractivity contribution < 1.29 is 14.3 Å². The van der Waals surface area contributed by atoms with Crippen LogP contribution in [0.2, 0.25) is 0 Å². The maximum Gasteiger partial charge on any atom is 0.302 e. The Hall–Kier alpha value is -2.96. The predicted molar refractivity (Wildman–Crippen MR) is 200 cm³/mol. The van der Waals surface area contributed by atoms with Gasteiger partial charge in [0.1, 0.15) is 11.9 Å². The zero-order valence-electron chi connectivity index (χ0n) is 32.4. The van der Waals surface area contributed by atoms with Gasteiger partial charge in [0.15, 0.2) is 0 Å². The standard InChI is InChI=1S/C44H62N4O3/c1-27(2)30-13-20-44(39(50)48-25-9-10-33(48)38-46-26-32(47-38)29-16-23-45-24-17-29)22-21-42(7)31(37(30)44)11-12-35-41(6)18-15-36(51-28(3)49)40(4,5)34(41)14-19-43(35,42)8/h16-17,23-24,26,30-31,33-37H,1,9-15,18-22,25H2,2-8H3,(H,46,47)/t30-,31+,33?,34-,35+,36-,37+,41-,42+,43+,44-/m0/s1. The molecule has 51 heavy (non-hydrogen) atoms. The molecule has 5 aliphatic carbocycles. The molecule has 2 aromatic rings. The molecule has 11 atom stereocenters. The maximum atomic E-state index is 15.4. The van der Waals surface area contributed by atoms with Crippen molar-refractivity contribution in [2.24, 2.45) is 56.7 Å². The molecule has 1 N–H and O–H groups in total. The molecule has 7 nitrogen and oxygen atoms in total. The minimum atomic E-state index is -0.328. The number of rotatable bonds is 5. The van der Waals surface area contributed by atoms with Crippen LogP contribution in [-0.2, 0) is 14.3 Å². The van der Waals surface area contributed by atoms with E-state index in [-0.39, 0.29) is 45.2 Å². The number of carbonyl (C=O) groups is 2. The topological polar surface area (TPSA) is 88.2 Å². The molecular weight excluding hydrogens is 633 g/mol. The van der Waals surface area contributed by atoms with Crippen LogP contribution in [0.1, 0.15) is 137 Å². The lowest BCUT2D eigenvalue weighted by Gasteiger charge is -2.73. The molecule has 6 fully saturated rings. The minimum absolute atomic E-state index is 0.00158. The van der Waals surface area contributed by atoms with Gasteiger partial charge in [0.05, 0.1) is 23.3 Å². The van der Waals surface area contributed by atoms with Crippen molar-refractivity contribution in [3.63, 3.8) is 0 Å². The minimum Gasteiger partial charge on any atom is -0.462 e. The number of H-pyrrole nitrogens is 1. The molecule has 0 radical (unpaired) electrons. The summed E-state index contributed by atoms with van der Waals surface area (Å²) < 4.78 is 5.99. The van der Waals surface area contributed by atoms with Crippen LogP contribution in [0.3, 0.4) is 0 Å². The van der Waals surface area contributed by atoms with Crippen molar-refractivity contribution in [3.8, 4) is 11.3 Å². The summed E-state index contributed by atoms with van der Waals surface area (Å²) in [5.41, 5.74) is 3.55. The molecule has 0 spiro atoms. The third-order valence-electron chi connectivity index (χ3n) is 17.2. The largest absolute Gasteiger partial charge is 0.462 e. The Labute approximate surface area is 306 Å². The number of nitrogens with one attached hydrogen (secondary N) is 1. The highest BCUT2D eigenvalue weighted by atomic mass is 16.5. The van der Waals surface area contributed by atoms with Crippen LogP contribution in [0.5, 0.6) is 0 Å². The first-order chi connectivity index (χ1) is 24.2. The molecule has 1 aliphatic heterocycles. The highest BCUT2D eigenvalue weighted by molar-refractivity contribution is 5.84. The predicted octanol–water partition coefficient (Wildman–Crippen LogP) is 9.72. The van der Waals surface area contributed by atoms with Crippen LogP contribution in [-0.4, -0.2) is 44.4 Å². The molecule has 3 heterocycles. The van der Waals surface area contributed by atoms with E-state index in [9.17, 15) is 4.79 Å². The molecule has 1 unspecified atom stereocenters. The fraction of sp³-hybridized carbons (Fsp3) is 0.727. The van der Waals surface area contributed by atoms with E-state index in [2.05, 4.69) is 63.0 Å². The number of ether oxygens (including phenoxy) is 1. The summed E-state index contributed by atoms with van der Waals surface area (Å²) in [4.78, 5) is 42.4. The summed E-state index contributed by atoms with van der Waals surface area (Å²) in [5.74, 6) is 3.58. The summed E-state index contributed by atoms with van der Waals surface area (Å²) in [6.45, 7) is 21.9. The number of aromatic amines is 1. The number of hydrogen-bond donors (Lipinski definition) is 1. The van der Waals surface area contributed by atoms with Crippen LogP contribution in [0.4, 0.5) is 0 Å². The molecule has 0 bridgehead atoms. The van der Waals surface area contributed by atoms with E-state index in [4.69, 9.17) is 9.72 Å². The molecule has 1 amide bonds. The summed E-state index contributed by atoms with van der Waals surface area (Å²) in [7, 11) is 0. The lowest BCUT2D eigenvalue weighted by Crippen LogP contribution is -2.67. The number of hydrogen-bond acceptors (Lipinski definition) is 5. The number of nitrogens with zero attached hydrogens (tertiary/aromatic N) is 3. The van der Waals surface area contributed by atoms with Gasteiger partial charge in [0, 0.05) is 36.8 Å². The van der Waals surface area contributed by atoms with Crippen LogP contribution < -0.4 is 0 Å². The van der Waals surface area contributed by atoms with E-state index in [1.54, 1.807) is 6.92 Å². The van der Waals surface area contributed by atoms with Gasteiger partial charge < -0.3 is 14.6 Å². The average Bonchev–Trinajstić information content (AvgIpc) is 3.85. The summed E-state index contributed by atoms with van der Waals surface area (Å²) >= 11 is 0. The van der Waals surface area contributed by atoms with Gasteiger partial charge >= 0.3 is 5.97 Å². The second-order valence-electron chi connectivity index (χ2n) is 19.4. The third kappa shape index (κ3) is 4.94. The van der Waals surface area contributed by atoms with Gasteiger partial charge in [0.2, 0.25) is 5.91 Å². The Bertz CT molecular complexity index is 1700. The van der Waals surface area contributed by atoms with Gasteiger partial charge in [-0.2, -0.15) is 0 Å². The summed E-state index contributed by atoms with van der Waals surface area (Å²) in [5, 5.41) is 0. The fourth-order valence-electron chi connectivity index (χ4n) is 14.7. The highest BCUT2D eigenvalue weighted by Crippen LogP contribution is 2.78. The van der Waals surface area contributed by atoms with Gasteiger partial charge in [-0.25, -0.2) is 4.98 Å². The number of carbonyl (C=O) groups excluding carboxylic acids is 2. The number of likely N-dealkylation sites (tertiary alicyclic amines) is 1. The lowest BCUT2D eigenvalue weighted by molar-refractivity contribution is -0.249. The molecule has 8 rings (SSSR count). The van der Waals surface area contributed by atoms with Gasteiger partial charge in [-0.1, -0.05) is 46.8 Å². The average molecular weight is 695 g/mol. The number of allylic oxidation sites excluding steroid dienone is 1. The number of aromatic nitrogens is 3. The molecule has 0 aromatic carbocycles. The van der Waals surface area contributed by atoms with Crippen LogP contribution in [0, 0.1) is 56.7 Å². The summed E-state index contributed by atoms with van der Waals surface area (Å²) in [6, 6.07) is 4.00. The Morgan fingerprint density at radius 1 is 0.882 bits per heavy atom. The Morgan fingerprint density at radius 2 is 1.65 bits per heavy atom. The van der Waals surface area contributed by atoms with Gasteiger partial charge in [-0.15, -0.1) is 0 Å². The quantitative estimate of drug-likeness (QED) is 0.249. The van der Waals surface area contributed by atoms with Crippen molar-refractivity contribution in [3.05, 3.63) is 48.7 Å². The van der Waals surface area contributed by atoms with Crippen molar-refractivity contribution in [2.45, 2.75) is 138 Å². The normalized spacial score (nSPS) is 42.6. The van der Waals surface area contributed by atoms with Gasteiger partial charge in [-0.3, -0.25) is 14.6 Å². The molecule has 7 heteroatoms. The van der Waals surface area contributed by atoms with Crippen molar-refractivity contribution in [2.75, 3.05) is 6.54 Å². The van der Waals surface area contributed by atoms with Crippen molar-refractivity contribution in [1.29, 1.82) is 0 Å². The fourth-order valence-corrected chi connectivity index (χ4v) is 14.7. The SMILES string of the molecule is C=C(C)[C@@H]1CC[C@]2(C(=O)N3CCCC3c3ncc(-c4ccncc4)[nH]3)CC[C@]3(C)[C@H](CC[C@@H]4[C@@]5(C)CC[C@H](OC(C)=O)C(C)(C)[C@@H]5CC[C@]43C)[C@@H]12. The summed E-state index contributed by atoms with van der Waals surface area (Å²) in [6.07, 6.45) is 18.6. The second-order valence-corrected chi connectivity index (χ2v) is 19.4. The molecule has 1 saturated heterocycles. The van der Waals surface area contributed by atoms with Gasteiger partial charge in [0.25, 0.3) is 0 Å².